The molecule has 1 aliphatic heterocycles. The van der Waals surface area contributed by atoms with Crippen LogP contribution in [0.3, 0.4) is 0 Å². The molecule has 3 aromatic rings. The number of aryl methyl sites for hydroxylation is 1. The lowest BCUT2D eigenvalue weighted by molar-refractivity contribution is -0.000848. The topological polar surface area (TPSA) is 31.4 Å². The molecular weight excluding hydrogens is 432 g/mol. The largest absolute Gasteiger partial charge is 0.491 e. The summed E-state index contributed by atoms with van der Waals surface area (Å²) >= 11 is 0. The molecule has 1 saturated heterocycles. The summed E-state index contributed by atoms with van der Waals surface area (Å²) in [6.07, 6.45) is 8.02. The van der Waals surface area contributed by atoms with E-state index in [0.717, 1.165) is 23.2 Å². The van der Waals surface area contributed by atoms with Gasteiger partial charge in [-0.1, -0.05) is 56.2 Å². The Morgan fingerprint density at radius 3 is 2.35 bits per heavy atom. The van der Waals surface area contributed by atoms with E-state index in [4.69, 9.17) is 9.47 Å². The first-order valence-electron chi connectivity index (χ1n) is 12.4. The Morgan fingerprint density at radius 1 is 0.912 bits per heavy atom. The number of hydrogen-bond donors (Lipinski definition) is 0. The van der Waals surface area contributed by atoms with E-state index in [1.807, 2.05) is 12.3 Å². The Hall–Kier alpha value is -2.79. The molecule has 3 nitrogen and oxygen atoms in total. The van der Waals surface area contributed by atoms with Gasteiger partial charge < -0.3 is 9.47 Å². The van der Waals surface area contributed by atoms with Crippen LogP contribution in [0.15, 0.2) is 54.7 Å². The number of aromatic nitrogens is 1. The summed E-state index contributed by atoms with van der Waals surface area (Å²) in [4.78, 5) is 4.65. The lowest BCUT2D eigenvalue weighted by atomic mass is 9.90. The molecule has 34 heavy (non-hydrogen) atoms. The maximum atomic E-state index is 14.6. The van der Waals surface area contributed by atoms with Crippen LogP contribution in [0.4, 0.5) is 8.78 Å². The Kier molecular flexibility index (Phi) is 8.28. The van der Waals surface area contributed by atoms with E-state index in [1.165, 1.54) is 30.9 Å². The Bertz CT molecular complexity index is 1060. The van der Waals surface area contributed by atoms with E-state index in [9.17, 15) is 8.78 Å². The summed E-state index contributed by atoms with van der Waals surface area (Å²) < 4.78 is 40.0. The zero-order valence-electron chi connectivity index (χ0n) is 20.0. The van der Waals surface area contributed by atoms with E-state index in [1.54, 1.807) is 13.0 Å². The van der Waals surface area contributed by atoms with Crippen molar-refractivity contribution >= 4 is 0 Å². The van der Waals surface area contributed by atoms with Crippen LogP contribution in [0.2, 0.25) is 0 Å². The lowest BCUT2D eigenvalue weighted by Crippen LogP contribution is -2.21. The number of hydrogen-bond acceptors (Lipinski definition) is 3. The van der Waals surface area contributed by atoms with Crippen LogP contribution >= 0.6 is 0 Å². The molecule has 1 aliphatic rings. The molecule has 1 aromatic heterocycles. The Labute approximate surface area is 201 Å². The monoisotopic (exact) mass is 465 g/mol. The van der Waals surface area contributed by atoms with Gasteiger partial charge in [0.1, 0.15) is 0 Å². The van der Waals surface area contributed by atoms with Crippen LogP contribution in [0, 0.1) is 11.6 Å². The van der Waals surface area contributed by atoms with Crippen molar-refractivity contribution in [1.29, 1.82) is 0 Å². The number of nitrogens with zero attached hydrogens (tertiary/aromatic N) is 1. The number of rotatable bonds is 9. The SMILES string of the molecule is CCCCCc1ccc(-c2ccc(C3CCC(c4ccc(OCC)c(F)c4F)CO3)nc2)cc1. The lowest BCUT2D eigenvalue weighted by Gasteiger charge is -2.29. The highest BCUT2D eigenvalue weighted by Gasteiger charge is 2.28. The minimum absolute atomic E-state index is 0.0474. The van der Waals surface area contributed by atoms with Crippen molar-refractivity contribution in [2.45, 2.75) is 64.4 Å². The predicted molar refractivity (Wildman–Crippen MR) is 131 cm³/mol. The van der Waals surface area contributed by atoms with E-state index >= 15 is 0 Å². The van der Waals surface area contributed by atoms with E-state index in [0.29, 0.717) is 31.6 Å². The van der Waals surface area contributed by atoms with Crippen molar-refractivity contribution < 1.29 is 18.3 Å². The van der Waals surface area contributed by atoms with Gasteiger partial charge >= 0.3 is 0 Å². The van der Waals surface area contributed by atoms with Crippen molar-refractivity contribution in [1.82, 2.24) is 4.98 Å². The third-order valence-electron chi connectivity index (χ3n) is 6.56. The van der Waals surface area contributed by atoms with Gasteiger partial charge in [-0.15, -0.1) is 0 Å². The molecule has 0 spiro atoms. The highest BCUT2D eigenvalue weighted by Crippen LogP contribution is 2.37. The minimum Gasteiger partial charge on any atom is -0.491 e. The van der Waals surface area contributed by atoms with Crippen LogP contribution in [-0.4, -0.2) is 18.2 Å². The number of unbranched alkanes of at least 4 members (excludes halogenated alkanes) is 2. The van der Waals surface area contributed by atoms with Gasteiger partial charge in [0.15, 0.2) is 11.6 Å². The maximum absolute atomic E-state index is 14.6. The molecule has 2 heterocycles. The van der Waals surface area contributed by atoms with Crippen LogP contribution < -0.4 is 4.74 Å². The van der Waals surface area contributed by atoms with Crippen molar-refractivity contribution in [3.8, 4) is 16.9 Å². The zero-order chi connectivity index (χ0) is 23.9. The van der Waals surface area contributed by atoms with Crippen LogP contribution in [-0.2, 0) is 11.2 Å². The van der Waals surface area contributed by atoms with Crippen molar-refractivity contribution in [2.75, 3.05) is 13.2 Å². The smallest absolute Gasteiger partial charge is 0.200 e. The third kappa shape index (κ3) is 5.64. The zero-order valence-corrected chi connectivity index (χ0v) is 20.0. The Morgan fingerprint density at radius 2 is 1.71 bits per heavy atom. The molecule has 0 aliphatic carbocycles. The van der Waals surface area contributed by atoms with E-state index in [-0.39, 0.29) is 17.8 Å². The molecule has 0 N–H and O–H groups in total. The normalized spacial score (nSPS) is 18.1. The fourth-order valence-corrected chi connectivity index (χ4v) is 4.57. The second kappa shape index (κ2) is 11.6. The molecule has 1 fully saturated rings. The molecule has 0 bridgehead atoms. The van der Waals surface area contributed by atoms with Crippen LogP contribution in [0.1, 0.15) is 74.8 Å². The van der Waals surface area contributed by atoms with Crippen molar-refractivity contribution in [3.63, 3.8) is 0 Å². The van der Waals surface area contributed by atoms with Gasteiger partial charge in [-0.05, 0) is 61.4 Å². The highest BCUT2D eigenvalue weighted by atomic mass is 19.2. The first kappa shape index (κ1) is 24.3. The summed E-state index contributed by atoms with van der Waals surface area (Å²) in [6.45, 7) is 4.59. The van der Waals surface area contributed by atoms with Crippen molar-refractivity contribution in [2.24, 2.45) is 0 Å². The van der Waals surface area contributed by atoms with Gasteiger partial charge in [-0.2, -0.15) is 4.39 Å². The van der Waals surface area contributed by atoms with Crippen LogP contribution in [0.25, 0.3) is 11.1 Å². The molecular formula is C29H33F2NO2. The average Bonchev–Trinajstić information content (AvgIpc) is 2.88. The molecule has 4 rings (SSSR count). The summed E-state index contributed by atoms with van der Waals surface area (Å²) in [6, 6.07) is 15.9. The molecule has 180 valence electrons. The molecule has 2 atom stereocenters. The standard InChI is InChI=1S/C29H33F2NO2/c1-3-5-6-7-20-8-10-21(11-9-20)22-12-15-25(32-18-22)26-16-13-23(19-34-26)24-14-17-27(33-4-2)29(31)28(24)30/h8-12,14-15,17-18,23,26H,3-7,13,16,19H2,1-2H3. The quantitative estimate of drug-likeness (QED) is 0.302. The van der Waals surface area contributed by atoms with Gasteiger partial charge in [0, 0.05) is 17.7 Å². The molecule has 5 heteroatoms. The fraction of sp³-hybridized carbons (Fsp3) is 0.414. The fourth-order valence-electron chi connectivity index (χ4n) is 4.57. The second-order valence-corrected chi connectivity index (χ2v) is 8.94. The first-order valence-corrected chi connectivity index (χ1v) is 12.4. The molecule has 2 aromatic carbocycles. The first-order chi connectivity index (χ1) is 16.6. The van der Waals surface area contributed by atoms with E-state index in [2.05, 4.69) is 42.2 Å². The summed E-state index contributed by atoms with van der Waals surface area (Å²) in [7, 11) is 0. The van der Waals surface area contributed by atoms with Gasteiger partial charge in [0.05, 0.1) is 25.0 Å². The summed E-state index contributed by atoms with van der Waals surface area (Å²) in [5.41, 5.74) is 4.81. The maximum Gasteiger partial charge on any atom is 0.200 e. The van der Waals surface area contributed by atoms with Gasteiger partial charge in [-0.25, -0.2) is 4.39 Å². The summed E-state index contributed by atoms with van der Waals surface area (Å²) in [5.74, 6) is -1.99. The number of benzene rings is 2. The van der Waals surface area contributed by atoms with Gasteiger partial charge in [-0.3, -0.25) is 4.98 Å². The van der Waals surface area contributed by atoms with Crippen molar-refractivity contribution in [3.05, 3.63) is 83.2 Å². The number of pyridine rings is 1. The predicted octanol–water partition coefficient (Wildman–Crippen LogP) is 7.79. The van der Waals surface area contributed by atoms with Gasteiger partial charge in [0.25, 0.3) is 0 Å². The Balaban J connectivity index is 1.36. The number of ether oxygens (including phenoxy) is 2. The molecule has 2 unspecified atom stereocenters. The number of halogens is 2. The second-order valence-electron chi connectivity index (χ2n) is 8.94. The molecule has 0 amide bonds. The van der Waals surface area contributed by atoms with E-state index < -0.39 is 11.6 Å². The van der Waals surface area contributed by atoms with Gasteiger partial charge in [0.2, 0.25) is 5.82 Å². The highest BCUT2D eigenvalue weighted by molar-refractivity contribution is 5.62. The average molecular weight is 466 g/mol. The summed E-state index contributed by atoms with van der Waals surface area (Å²) in [5, 5.41) is 0. The third-order valence-corrected chi connectivity index (χ3v) is 6.56. The molecule has 0 radical (unpaired) electrons. The van der Waals surface area contributed by atoms with Crippen LogP contribution in [0.5, 0.6) is 5.75 Å². The minimum atomic E-state index is -0.923. The molecule has 0 saturated carbocycles.